The second-order valence-electron chi connectivity index (χ2n) is 6.33. The number of rotatable bonds is 7. The molecular weight excluding hydrogens is 362 g/mol. The highest BCUT2D eigenvalue weighted by Gasteiger charge is 2.18. The fourth-order valence-electron chi connectivity index (χ4n) is 3.09. The van der Waals surface area contributed by atoms with Crippen molar-refractivity contribution in [3.63, 3.8) is 0 Å². The minimum Gasteiger partial charge on any atom is -0.595 e. The summed E-state index contributed by atoms with van der Waals surface area (Å²) in [6.45, 7) is 4.14. The number of benzene rings is 2. The first-order valence-corrected chi connectivity index (χ1v) is 9.00. The second-order valence-corrected chi connectivity index (χ2v) is 6.33. The standard InChI is InChI=1S/C20H23N3O5/c1-4-17(24)28-10-9-21-20-14-11-13(27-3)6-7-15(14)22-19-12(2)5-8-16(18(19)20)23(25)26/h5-8,11,23,25H,4,9-10H2,1-3H3,(H,21,22). The molecule has 1 aromatic heterocycles. The molecule has 0 fully saturated rings. The van der Waals surface area contributed by atoms with Gasteiger partial charge in [0.05, 0.1) is 29.2 Å². The number of aromatic nitrogens is 1. The van der Waals surface area contributed by atoms with E-state index < -0.39 is 5.23 Å². The number of hydrogen-bond acceptors (Lipinski definition) is 7. The molecule has 0 saturated heterocycles. The molecule has 8 nitrogen and oxygen atoms in total. The maximum absolute atomic E-state index is 11.8. The number of nitrogens with one attached hydrogen (secondary N) is 2. The van der Waals surface area contributed by atoms with Gasteiger partial charge in [-0.05, 0) is 30.7 Å². The van der Waals surface area contributed by atoms with Crippen molar-refractivity contribution < 1.29 is 24.7 Å². The average Bonchev–Trinajstić information content (AvgIpc) is 2.70. The van der Waals surface area contributed by atoms with Gasteiger partial charge in [-0.2, -0.15) is 5.23 Å². The number of methoxy groups -OCH3 is 1. The van der Waals surface area contributed by atoms with Gasteiger partial charge in [-0.25, -0.2) is 10.2 Å². The molecule has 0 radical (unpaired) electrons. The minimum atomic E-state index is -1.03. The smallest absolute Gasteiger partial charge is 0.305 e. The van der Waals surface area contributed by atoms with Crippen LogP contribution < -0.4 is 15.3 Å². The van der Waals surface area contributed by atoms with Crippen molar-refractivity contribution in [1.29, 1.82) is 0 Å². The van der Waals surface area contributed by atoms with Crippen LogP contribution in [-0.2, 0) is 9.53 Å². The zero-order valence-corrected chi connectivity index (χ0v) is 16.0. The van der Waals surface area contributed by atoms with Crippen molar-refractivity contribution in [2.24, 2.45) is 0 Å². The molecule has 0 aliphatic carbocycles. The maximum atomic E-state index is 11.8. The number of anilines is 1. The lowest BCUT2D eigenvalue weighted by Crippen LogP contribution is -2.99. The molecule has 28 heavy (non-hydrogen) atoms. The number of fused-ring (bicyclic) bond motifs is 2. The summed E-state index contributed by atoms with van der Waals surface area (Å²) in [5, 5.41) is 25.0. The summed E-state index contributed by atoms with van der Waals surface area (Å²) in [5.41, 5.74) is 2.99. The SMILES string of the molecule is CCC(=O)OCCNc1c2cc(OC)ccc2nc2c(C)ccc([NH+]([O-])O)c12. The van der Waals surface area contributed by atoms with Crippen molar-refractivity contribution >= 4 is 39.1 Å². The molecule has 0 aliphatic rings. The first-order chi connectivity index (χ1) is 13.5. The minimum absolute atomic E-state index is 0.158. The molecule has 3 aromatic rings. The number of quaternary nitrogens is 1. The summed E-state index contributed by atoms with van der Waals surface area (Å²) >= 11 is 0. The Kier molecular flexibility index (Phi) is 5.93. The van der Waals surface area contributed by atoms with Gasteiger partial charge in [0, 0.05) is 24.4 Å². The molecule has 2 aromatic carbocycles. The van der Waals surface area contributed by atoms with Crippen molar-refractivity contribution in [3.8, 4) is 5.75 Å². The van der Waals surface area contributed by atoms with E-state index in [1.807, 2.05) is 25.1 Å². The van der Waals surface area contributed by atoms with E-state index in [1.165, 1.54) is 0 Å². The van der Waals surface area contributed by atoms with Crippen LogP contribution in [0.1, 0.15) is 18.9 Å². The van der Waals surface area contributed by atoms with Crippen molar-refractivity contribution in [3.05, 3.63) is 41.1 Å². The van der Waals surface area contributed by atoms with Gasteiger partial charge in [0.1, 0.15) is 12.4 Å². The van der Waals surface area contributed by atoms with Crippen LogP contribution >= 0.6 is 0 Å². The molecule has 1 atom stereocenters. The summed E-state index contributed by atoms with van der Waals surface area (Å²) < 4.78 is 10.4. The van der Waals surface area contributed by atoms with Gasteiger partial charge < -0.3 is 20.0 Å². The zero-order valence-electron chi connectivity index (χ0n) is 16.0. The highest BCUT2D eigenvalue weighted by atomic mass is 16.8. The Morgan fingerprint density at radius 3 is 2.79 bits per heavy atom. The van der Waals surface area contributed by atoms with Gasteiger partial charge in [0.2, 0.25) is 0 Å². The van der Waals surface area contributed by atoms with Gasteiger partial charge >= 0.3 is 5.97 Å². The third kappa shape index (κ3) is 3.84. The predicted molar refractivity (Wildman–Crippen MR) is 106 cm³/mol. The number of aryl methyl sites for hydroxylation is 1. The Labute approximate surface area is 162 Å². The van der Waals surface area contributed by atoms with E-state index >= 15 is 0 Å². The van der Waals surface area contributed by atoms with E-state index in [9.17, 15) is 15.2 Å². The summed E-state index contributed by atoms with van der Waals surface area (Å²) in [4.78, 5) is 16.0. The van der Waals surface area contributed by atoms with Crippen LogP contribution in [0, 0.1) is 12.1 Å². The number of carbonyl (C=O) groups is 1. The largest absolute Gasteiger partial charge is 0.595 e. The fourth-order valence-corrected chi connectivity index (χ4v) is 3.09. The van der Waals surface area contributed by atoms with Gasteiger partial charge in [0.15, 0.2) is 5.69 Å². The molecule has 148 valence electrons. The van der Waals surface area contributed by atoms with Gasteiger partial charge in [-0.3, -0.25) is 4.79 Å². The zero-order chi connectivity index (χ0) is 20.3. The number of esters is 1. The summed E-state index contributed by atoms with van der Waals surface area (Å²) in [6, 6.07) is 8.79. The summed E-state index contributed by atoms with van der Waals surface area (Å²) in [7, 11) is 1.57. The van der Waals surface area contributed by atoms with Crippen LogP contribution in [0.15, 0.2) is 30.3 Å². The molecule has 1 heterocycles. The van der Waals surface area contributed by atoms with Gasteiger partial charge in [-0.1, -0.05) is 13.0 Å². The molecule has 8 heteroatoms. The first-order valence-electron chi connectivity index (χ1n) is 9.00. The molecule has 0 spiro atoms. The molecule has 0 aliphatic heterocycles. The van der Waals surface area contributed by atoms with E-state index in [1.54, 1.807) is 26.2 Å². The average molecular weight is 385 g/mol. The van der Waals surface area contributed by atoms with E-state index in [0.717, 1.165) is 10.9 Å². The van der Waals surface area contributed by atoms with E-state index in [-0.39, 0.29) is 18.3 Å². The third-order valence-corrected chi connectivity index (χ3v) is 4.52. The van der Waals surface area contributed by atoms with Crippen molar-refractivity contribution in [2.75, 3.05) is 25.6 Å². The number of carbonyl (C=O) groups excluding carboxylic acids is 1. The van der Waals surface area contributed by atoms with E-state index in [2.05, 4.69) is 10.3 Å². The normalized spacial score (nSPS) is 12.2. The first kappa shape index (κ1) is 19.8. The molecule has 3 rings (SSSR count). The Balaban J connectivity index is 2.18. The van der Waals surface area contributed by atoms with Crippen LogP contribution in [0.2, 0.25) is 0 Å². The van der Waals surface area contributed by atoms with Gasteiger partial charge in [-0.15, -0.1) is 0 Å². The van der Waals surface area contributed by atoms with Crippen LogP contribution in [-0.4, -0.2) is 36.4 Å². The number of ether oxygens (including phenoxy) is 2. The highest BCUT2D eigenvalue weighted by molar-refractivity contribution is 6.12. The lowest BCUT2D eigenvalue weighted by Gasteiger charge is -2.19. The van der Waals surface area contributed by atoms with Crippen LogP contribution in [0.3, 0.4) is 0 Å². The summed E-state index contributed by atoms with van der Waals surface area (Å²) in [6.07, 6.45) is 0.306. The maximum Gasteiger partial charge on any atom is 0.305 e. The van der Waals surface area contributed by atoms with E-state index in [4.69, 9.17) is 9.47 Å². The monoisotopic (exact) mass is 385 g/mol. The lowest BCUT2D eigenvalue weighted by atomic mass is 10.0. The number of nitrogens with zero attached hydrogens (tertiary/aromatic N) is 1. The number of pyridine rings is 1. The Morgan fingerprint density at radius 1 is 1.32 bits per heavy atom. The molecule has 0 saturated carbocycles. The van der Waals surface area contributed by atoms with Crippen LogP contribution in [0.4, 0.5) is 11.4 Å². The summed E-state index contributed by atoms with van der Waals surface area (Å²) in [5.74, 6) is 0.355. The third-order valence-electron chi connectivity index (χ3n) is 4.52. The quantitative estimate of drug-likeness (QED) is 0.248. The Bertz CT molecular complexity index is 1020. The Morgan fingerprint density at radius 2 is 2.11 bits per heavy atom. The highest BCUT2D eigenvalue weighted by Crippen LogP contribution is 2.37. The molecule has 3 N–H and O–H groups in total. The second kappa shape index (κ2) is 8.39. The topological polar surface area (TPSA) is 108 Å². The number of hydrogen-bond donors (Lipinski definition) is 3. The van der Waals surface area contributed by atoms with Crippen molar-refractivity contribution in [1.82, 2.24) is 4.98 Å². The Hall–Kier alpha value is -2.94. The van der Waals surface area contributed by atoms with Gasteiger partial charge in [0.25, 0.3) is 0 Å². The lowest BCUT2D eigenvalue weighted by molar-refractivity contribution is -0.990. The fraction of sp³-hybridized carbons (Fsp3) is 0.300. The van der Waals surface area contributed by atoms with Crippen molar-refractivity contribution in [2.45, 2.75) is 20.3 Å². The van der Waals surface area contributed by atoms with E-state index in [0.29, 0.717) is 40.8 Å². The molecule has 1 unspecified atom stereocenters. The van der Waals surface area contributed by atoms with Crippen LogP contribution in [0.5, 0.6) is 5.75 Å². The van der Waals surface area contributed by atoms with Crippen LogP contribution in [0.25, 0.3) is 21.8 Å². The molecule has 0 bridgehead atoms. The molecule has 0 amide bonds. The predicted octanol–water partition coefficient (Wildman–Crippen LogP) is 2.47. The molecular formula is C20H23N3O5.